The second-order valence-corrected chi connectivity index (χ2v) is 9.30. The number of phenols is 1. The molecule has 1 saturated carbocycles. The van der Waals surface area contributed by atoms with Gasteiger partial charge in [-0.25, -0.2) is 4.39 Å². The van der Waals surface area contributed by atoms with E-state index >= 15 is 0 Å². The molecule has 33 heavy (non-hydrogen) atoms. The van der Waals surface area contributed by atoms with Gasteiger partial charge >= 0.3 is 0 Å². The lowest BCUT2D eigenvalue weighted by atomic mass is 9.87. The van der Waals surface area contributed by atoms with E-state index in [2.05, 4.69) is 27.0 Å². The van der Waals surface area contributed by atoms with Crippen molar-refractivity contribution >= 4 is 17.6 Å². The van der Waals surface area contributed by atoms with Crippen LogP contribution >= 0.6 is 11.8 Å². The zero-order chi connectivity index (χ0) is 23.2. The SMILES string of the molecule is CCCN(CSCC1CCC1)c1ccc(-c2cc(F)c(-c3cncc(OC)c3)cc2O)nn1. The minimum absolute atomic E-state index is 0.0715. The van der Waals surface area contributed by atoms with Gasteiger partial charge in [0, 0.05) is 29.4 Å². The molecule has 3 aromatic rings. The Bertz CT molecular complexity index is 1080. The van der Waals surface area contributed by atoms with Crippen molar-refractivity contribution in [3.63, 3.8) is 0 Å². The number of rotatable bonds is 10. The van der Waals surface area contributed by atoms with Crippen LogP contribution in [0.5, 0.6) is 11.5 Å². The van der Waals surface area contributed by atoms with Gasteiger partial charge in [0.1, 0.15) is 17.3 Å². The van der Waals surface area contributed by atoms with Crippen molar-refractivity contribution in [1.29, 1.82) is 0 Å². The van der Waals surface area contributed by atoms with Crippen LogP contribution in [0, 0.1) is 11.7 Å². The first-order chi connectivity index (χ1) is 16.1. The second-order valence-electron chi connectivity index (χ2n) is 8.30. The van der Waals surface area contributed by atoms with E-state index in [-0.39, 0.29) is 11.3 Å². The third-order valence-electron chi connectivity index (χ3n) is 5.91. The Labute approximate surface area is 198 Å². The van der Waals surface area contributed by atoms with Gasteiger partial charge in [-0.05, 0) is 61.3 Å². The molecule has 174 valence electrons. The fraction of sp³-hybridized carbons (Fsp3) is 0.400. The second kappa shape index (κ2) is 10.8. The molecule has 1 aromatic carbocycles. The summed E-state index contributed by atoms with van der Waals surface area (Å²) < 4.78 is 20.1. The predicted molar refractivity (Wildman–Crippen MR) is 131 cm³/mol. The quantitative estimate of drug-likeness (QED) is 0.379. The Kier molecular flexibility index (Phi) is 7.65. The van der Waals surface area contributed by atoms with Gasteiger partial charge in [0.2, 0.25) is 0 Å². The minimum atomic E-state index is -0.483. The average molecular weight is 469 g/mol. The molecule has 0 atom stereocenters. The molecule has 0 radical (unpaired) electrons. The van der Waals surface area contributed by atoms with Crippen LogP contribution in [0.3, 0.4) is 0 Å². The van der Waals surface area contributed by atoms with Gasteiger partial charge in [-0.3, -0.25) is 4.98 Å². The van der Waals surface area contributed by atoms with Crippen molar-refractivity contribution in [3.05, 3.63) is 48.5 Å². The van der Waals surface area contributed by atoms with Crippen molar-refractivity contribution in [2.75, 3.05) is 30.2 Å². The Morgan fingerprint density at radius 3 is 2.67 bits per heavy atom. The molecule has 0 saturated heterocycles. The van der Waals surface area contributed by atoms with Gasteiger partial charge in [0.25, 0.3) is 0 Å². The fourth-order valence-corrected chi connectivity index (χ4v) is 5.06. The number of thioether (sulfide) groups is 1. The molecular formula is C25H29FN4O2S. The summed E-state index contributed by atoms with van der Waals surface area (Å²) in [5, 5.41) is 19.3. The lowest BCUT2D eigenvalue weighted by Crippen LogP contribution is -2.26. The molecule has 2 heterocycles. The van der Waals surface area contributed by atoms with E-state index in [0.717, 1.165) is 30.6 Å². The number of aromatic nitrogens is 3. The molecule has 0 aliphatic heterocycles. The highest BCUT2D eigenvalue weighted by molar-refractivity contribution is 7.99. The fourth-order valence-electron chi connectivity index (χ4n) is 3.81. The zero-order valence-corrected chi connectivity index (χ0v) is 19.8. The Morgan fingerprint density at radius 1 is 1.15 bits per heavy atom. The van der Waals surface area contributed by atoms with Crippen LogP contribution in [0.25, 0.3) is 22.4 Å². The highest BCUT2D eigenvalue weighted by Gasteiger charge is 2.19. The van der Waals surface area contributed by atoms with E-state index in [1.807, 2.05) is 17.8 Å². The third-order valence-corrected chi connectivity index (χ3v) is 7.12. The van der Waals surface area contributed by atoms with Crippen LogP contribution in [0.2, 0.25) is 0 Å². The molecule has 8 heteroatoms. The first kappa shape index (κ1) is 23.3. The molecular weight excluding hydrogens is 439 g/mol. The van der Waals surface area contributed by atoms with Crippen molar-refractivity contribution in [1.82, 2.24) is 15.2 Å². The smallest absolute Gasteiger partial charge is 0.151 e. The van der Waals surface area contributed by atoms with E-state index < -0.39 is 5.82 Å². The number of pyridine rings is 1. The lowest BCUT2D eigenvalue weighted by molar-refractivity contribution is 0.353. The summed E-state index contributed by atoms with van der Waals surface area (Å²) in [6.07, 6.45) is 8.15. The number of aromatic hydroxyl groups is 1. The number of hydrogen-bond acceptors (Lipinski definition) is 7. The Balaban J connectivity index is 1.51. The van der Waals surface area contributed by atoms with E-state index in [4.69, 9.17) is 4.74 Å². The first-order valence-corrected chi connectivity index (χ1v) is 12.4. The lowest BCUT2D eigenvalue weighted by Gasteiger charge is -2.27. The Morgan fingerprint density at radius 2 is 2.00 bits per heavy atom. The van der Waals surface area contributed by atoms with Crippen LogP contribution in [-0.2, 0) is 0 Å². The van der Waals surface area contributed by atoms with Crippen molar-refractivity contribution in [2.45, 2.75) is 32.6 Å². The van der Waals surface area contributed by atoms with Crippen LogP contribution in [0.4, 0.5) is 10.2 Å². The number of hydrogen-bond donors (Lipinski definition) is 1. The molecule has 1 fully saturated rings. The molecule has 2 aromatic heterocycles. The van der Waals surface area contributed by atoms with Crippen molar-refractivity contribution in [3.8, 4) is 33.9 Å². The van der Waals surface area contributed by atoms with Crippen molar-refractivity contribution in [2.24, 2.45) is 5.92 Å². The molecule has 1 aliphatic carbocycles. The van der Waals surface area contributed by atoms with Gasteiger partial charge in [-0.2, -0.15) is 0 Å². The van der Waals surface area contributed by atoms with Gasteiger partial charge in [0.15, 0.2) is 5.82 Å². The van der Waals surface area contributed by atoms with E-state index in [0.29, 0.717) is 22.6 Å². The molecule has 1 N–H and O–H groups in total. The van der Waals surface area contributed by atoms with E-state index in [1.54, 1.807) is 18.3 Å². The van der Waals surface area contributed by atoms with E-state index in [1.165, 1.54) is 50.5 Å². The number of nitrogens with zero attached hydrogens (tertiary/aromatic N) is 4. The van der Waals surface area contributed by atoms with Crippen LogP contribution in [0.1, 0.15) is 32.6 Å². The summed E-state index contributed by atoms with van der Waals surface area (Å²) in [4.78, 5) is 6.28. The number of halogens is 1. The highest BCUT2D eigenvalue weighted by atomic mass is 32.2. The summed E-state index contributed by atoms with van der Waals surface area (Å²) in [6, 6.07) is 8.01. The standard InChI is InChI=1S/C25H29FN4O2S/c1-3-9-30(16-33-15-17-5-4-6-17)25-8-7-23(28-29-25)21-11-22(26)20(12-24(21)31)18-10-19(32-2)14-27-13-18/h7-8,10-14,17,31H,3-6,9,15-16H2,1-2H3. The number of ether oxygens (including phenoxy) is 1. The summed E-state index contributed by atoms with van der Waals surface area (Å²) in [5.41, 5.74) is 1.48. The summed E-state index contributed by atoms with van der Waals surface area (Å²) in [6.45, 7) is 3.04. The molecule has 4 rings (SSSR count). The Hall–Kier alpha value is -2.87. The maximum absolute atomic E-state index is 14.9. The summed E-state index contributed by atoms with van der Waals surface area (Å²) in [7, 11) is 1.52. The number of anilines is 1. The summed E-state index contributed by atoms with van der Waals surface area (Å²) in [5.74, 6) is 3.68. The predicted octanol–water partition coefficient (Wildman–Crippen LogP) is 5.77. The molecule has 6 nitrogen and oxygen atoms in total. The highest BCUT2D eigenvalue weighted by Crippen LogP contribution is 2.36. The molecule has 0 bridgehead atoms. The normalized spacial score (nSPS) is 13.5. The number of benzene rings is 1. The molecule has 1 aliphatic rings. The zero-order valence-electron chi connectivity index (χ0n) is 19.0. The maximum atomic E-state index is 14.9. The number of phenolic OH excluding ortho intramolecular Hbond substituents is 1. The van der Waals surface area contributed by atoms with Gasteiger partial charge in [0.05, 0.1) is 24.9 Å². The minimum Gasteiger partial charge on any atom is -0.507 e. The average Bonchev–Trinajstić information content (AvgIpc) is 2.81. The number of methoxy groups -OCH3 is 1. The van der Waals surface area contributed by atoms with Crippen LogP contribution in [0.15, 0.2) is 42.7 Å². The van der Waals surface area contributed by atoms with Crippen molar-refractivity contribution < 1.29 is 14.2 Å². The van der Waals surface area contributed by atoms with Gasteiger partial charge in [-0.15, -0.1) is 22.0 Å². The topological polar surface area (TPSA) is 71.4 Å². The first-order valence-electron chi connectivity index (χ1n) is 11.3. The molecule has 0 amide bonds. The monoisotopic (exact) mass is 468 g/mol. The largest absolute Gasteiger partial charge is 0.507 e. The summed E-state index contributed by atoms with van der Waals surface area (Å²) >= 11 is 1.94. The maximum Gasteiger partial charge on any atom is 0.151 e. The van der Waals surface area contributed by atoms with E-state index in [9.17, 15) is 9.50 Å². The molecule has 0 unspecified atom stereocenters. The van der Waals surface area contributed by atoms with Crippen LogP contribution in [-0.4, -0.2) is 45.6 Å². The van der Waals surface area contributed by atoms with Gasteiger partial charge in [-0.1, -0.05) is 13.3 Å². The van der Waals surface area contributed by atoms with Crippen LogP contribution < -0.4 is 9.64 Å². The third kappa shape index (κ3) is 5.55. The van der Waals surface area contributed by atoms with Gasteiger partial charge < -0.3 is 14.7 Å². The molecule has 0 spiro atoms.